The van der Waals surface area contributed by atoms with Gasteiger partial charge in [-0.3, -0.25) is 4.72 Å². The average Bonchev–Trinajstić information content (AvgIpc) is 2.43. The number of hydrogen-bond acceptors (Lipinski definition) is 4. The molecule has 0 saturated carbocycles. The van der Waals surface area contributed by atoms with Crippen molar-refractivity contribution in [2.24, 2.45) is 0 Å². The fourth-order valence-electron chi connectivity index (χ4n) is 2.09. The fourth-order valence-corrected chi connectivity index (χ4v) is 4.22. The molecular weight excluding hydrogens is 304 g/mol. The zero-order valence-electron chi connectivity index (χ0n) is 12.2. The third-order valence-electron chi connectivity index (χ3n) is 3.23. The molecule has 0 aliphatic heterocycles. The minimum Gasteiger partial charge on any atom is -0.397 e. The first-order chi connectivity index (χ1) is 9.86. The Balaban J connectivity index is 2.51. The van der Waals surface area contributed by atoms with E-state index < -0.39 is 10.0 Å². The average molecular weight is 322 g/mol. The van der Waals surface area contributed by atoms with Gasteiger partial charge in [0.15, 0.2) is 0 Å². The van der Waals surface area contributed by atoms with Crippen LogP contribution in [0.4, 0.5) is 11.4 Å². The lowest BCUT2D eigenvalue weighted by Crippen LogP contribution is -2.17. The number of benzene rings is 2. The lowest BCUT2D eigenvalue weighted by molar-refractivity contribution is 0.601. The van der Waals surface area contributed by atoms with Gasteiger partial charge in [0.25, 0.3) is 10.0 Å². The predicted molar refractivity (Wildman–Crippen MR) is 89.4 cm³/mol. The highest BCUT2D eigenvalue weighted by Gasteiger charge is 2.22. The largest absolute Gasteiger partial charge is 0.397 e. The van der Waals surface area contributed by atoms with E-state index >= 15 is 0 Å². The van der Waals surface area contributed by atoms with E-state index in [-0.39, 0.29) is 4.90 Å². The van der Waals surface area contributed by atoms with E-state index in [9.17, 15) is 8.42 Å². The number of anilines is 2. The first-order valence-electron chi connectivity index (χ1n) is 6.38. The summed E-state index contributed by atoms with van der Waals surface area (Å²) < 4.78 is 28.0. The van der Waals surface area contributed by atoms with Gasteiger partial charge in [-0.2, -0.15) is 0 Å². The summed E-state index contributed by atoms with van der Waals surface area (Å²) in [6, 6.07) is 10.9. The Kier molecular flexibility index (Phi) is 4.49. The summed E-state index contributed by atoms with van der Waals surface area (Å²) in [5.74, 6) is 0. The van der Waals surface area contributed by atoms with Crippen molar-refractivity contribution in [3.63, 3.8) is 0 Å². The molecule has 0 heterocycles. The standard InChI is InChI=1S/C15H18N2O2S2/c1-10-8-9-11(2)15(14(10)16)21(18,19)17-12-6-4-5-7-13(12)20-3/h4-9,17H,16H2,1-3H3. The Bertz CT molecular complexity index is 771. The zero-order valence-corrected chi connectivity index (χ0v) is 13.8. The summed E-state index contributed by atoms with van der Waals surface area (Å²) in [4.78, 5) is 1.02. The maximum absolute atomic E-state index is 12.7. The van der Waals surface area contributed by atoms with E-state index in [0.717, 1.165) is 10.5 Å². The summed E-state index contributed by atoms with van der Waals surface area (Å²) in [5, 5.41) is 0. The van der Waals surface area contributed by atoms with E-state index in [1.807, 2.05) is 24.5 Å². The quantitative estimate of drug-likeness (QED) is 0.668. The van der Waals surface area contributed by atoms with Crippen molar-refractivity contribution < 1.29 is 8.42 Å². The second-order valence-corrected chi connectivity index (χ2v) is 7.22. The first kappa shape index (κ1) is 15.7. The van der Waals surface area contributed by atoms with Crippen LogP contribution in [0.25, 0.3) is 0 Å². The molecular formula is C15H18N2O2S2. The lowest BCUT2D eigenvalue weighted by atomic mass is 10.1. The number of hydrogen-bond donors (Lipinski definition) is 2. The highest BCUT2D eigenvalue weighted by Crippen LogP contribution is 2.31. The molecule has 0 radical (unpaired) electrons. The number of aryl methyl sites for hydroxylation is 2. The molecule has 112 valence electrons. The molecule has 0 bridgehead atoms. The van der Waals surface area contributed by atoms with Crippen LogP contribution in [0, 0.1) is 13.8 Å². The molecule has 0 amide bonds. The highest BCUT2D eigenvalue weighted by atomic mass is 32.2. The second-order valence-electron chi connectivity index (χ2n) is 4.75. The minimum absolute atomic E-state index is 0.151. The SMILES string of the molecule is CSc1ccccc1NS(=O)(=O)c1c(C)ccc(C)c1N. The van der Waals surface area contributed by atoms with Crippen LogP contribution < -0.4 is 10.5 Å². The lowest BCUT2D eigenvalue weighted by Gasteiger charge is -2.15. The van der Waals surface area contributed by atoms with Crippen LogP contribution in [-0.4, -0.2) is 14.7 Å². The monoisotopic (exact) mass is 322 g/mol. The van der Waals surface area contributed by atoms with E-state index in [4.69, 9.17) is 5.73 Å². The third-order valence-corrected chi connectivity index (χ3v) is 5.59. The summed E-state index contributed by atoms with van der Waals surface area (Å²) >= 11 is 1.48. The van der Waals surface area contributed by atoms with Crippen LogP contribution >= 0.6 is 11.8 Å². The summed E-state index contributed by atoms with van der Waals surface area (Å²) in [6.45, 7) is 3.54. The normalized spacial score (nSPS) is 11.4. The van der Waals surface area contributed by atoms with Gasteiger partial charge in [-0.05, 0) is 43.4 Å². The molecule has 0 aliphatic rings. The highest BCUT2D eigenvalue weighted by molar-refractivity contribution is 7.99. The Morgan fingerprint density at radius 3 is 2.33 bits per heavy atom. The van der Waals surface area contributed by atoms with Gasteiger partial charge in [-0.25, -0.2) is 8.42 Å². The smallest absolute Gasteiger partial charge is 0.264 e. The van der Waals surface area contributed by atoms with Crippen LogP contribution in [0.1, 0.15) is 11.1 Å². The number of rotatable bonds is 4. The molecule has 0 spiro atoms. The fraction of sp³-hybridized carbons (Fsp3) is 0.200. The van der Waals surface area contributed by atoms with E-state index in [1.165, 1.54) is 11.8 Å². The Morgan fingerprint density at radius 1 is 1.05 bits per heavy atom. The Labute approximate surface area is 129 Å². The Hall–Kier alpha value is -1.66. The molecule has 2 aromatic rings. The summed E-state index contributed by atoms with van der Waals surface area (Å²) in [7, 11) is -3.72. The number of thioether (sulfide) groups is 1. The van der Waals surface area contributed by atoms with Crippen LogP contribution in [-0.2, 0) is 10.0 Å². The molecule has 0 atom stereocenters. The number of para-hydroxylation sites is 1. The molecule has 3 N–H and O–H groups in total. The van der Waals surface area contributed by atoms with Crippen molar-refractivity contribution >= 4 is 33.2 Å². The number of nitrogens with two attached hydrogens (primary N) is 1. The van der Waals surface area contributed by atoms with Crippen molar-refractivity contribution in [3.8, 4) is 0 Å². The predicted octanol–water partition coefficient (Wildman–Crippen LogP) is 3.41. The first-order valence-corrected chi connectivity index (χ1v) is 9.09. The maximum Gasteiger partial charge on any atom is 0.264 e. The molecule has 0 aromatic heterocycles. The van der Waals surface area contributed by atoms with Gasteiger partial charge in [0.2, 0.25) is 0 Å². The Morgan fingerprint density at radius 2 is 1.67 bits per heavy atom. The van der Waals surface area contributed by atoms with Crippen molar-refractivity contribution in [1.82, 2.24) is 0 Å². The van der Waals surface area contributed by atoms with Crippen molar-refractivity contribution in [2.45, 2.75) is 23.6 Å². The van der Waals surface area contributed by atoms with Gasteiger partial charge < -0.3 is 5.73 Å². The van der Waals surface area contributed by atoms with Crippen LogP contribution in [0.5, 0.6) is 0 Å². The van der Waals surface area contributed by atoms with Gasteiger partial charge in [-0.15, -0.1) is 11.8 Å². The molecule has 0 unspecified atom stereocenters. The van der Waals surface area contributed by atoms with Crippen LogP contribution in [0.3, 0.4) is 0 Å². The van der Waals surface area contributed by atoms with Gasteiger partial charge in [0, 0.05) is 4.90 Å². The number of nitrogens with one attached hydrogen (secondary N) is 1. The van der Waals surface area contributed by atoms with Gasteiger partial charge >= 0.3 is 0 Å². The maximum atomic E-state index is 12.7. The second kappa shape index (κ2) is 5.99. The molecule has 0 aliphatic carbocycles. The molecule has 6 heteroatoms. The van der Waals surface area contributed by atoms with E-state index in [2.05, 4.69) is 4.72 Å². The molecule has 4 nitrogen and oxygen atoms in total. The van der Waals surface area contributed by atoms with Crippen LogP contribution in [0.2, 0.25) is 0 Å². The van der Waals surface area contributed by atoms with Gasteiger partial charge in [0.05, 0.1) is 11.4 Å². The molecule has 2 aromatic carbocycles. The number of sulfonamides is 1. The minimum atomic E-state index is -3.72. The molecule has 21 heavy (non-hydrogen) atoms. The molecule has 0 saturated heterocycles. The summed E-state index contributed by atoms with van der Waals surface area (Å²) in [5.41, 5.74) is 8.21. The zero-order chi connectivity index (χ0) is 15.6. The topological polar surface area (TPSA) is 72.2 Å². The number of nitrogen functional groups attached to an aromatic ring is 1. The van der Waals surface area contributed by atoms with E-state index in [0.29, 0.717) is 16.9 Å². The summed E-state index contributed by atoms with van der Waals surface area (Å²) in [6.07, 6.45) is 1.90. The third kappa shape index (κ3) is 3.16. The molecule has 2 rings (SSSR count). The van der Waals surface area contributed by atoms with Crippen molar-refractivity contribution in [1.29, 1.82) is 0 Å². The van der Waals surface area contributed by atoms with Gasteiger partial charge in [-0.1, -0.05) is 24.3 Å². The molecule has 0 fully saturated rings. The van der Waals surface area contributed by atoms with Crippen molar-refractivity contribution in [2.75, 3.05) is 16.7 Å². The van der Waals surface area contributed by atoms with Gasteiger partial charge in [0.1, 0.15) is 4.90 Å². The van der Waals surface area contributed by atoms with Crippen molar-refractivity contribution in [3.05, 3.63) is 47.5 Å². The van der Waals surface area contributed by atoms with Crippen LogP contribution in [0.15, 0.2) is 46.2 Å². The van der Waals surface area contributed by atoms with E-state index in [1.54, 1.807) is 32.0 Å².